The van der Waals surface area contributed by atoms with Gasteiger partial charge in [-0.2, -0.15) is 0 Å². The van der Waals surface area contributed by atoms with Crippen LogP contribution in [0.2, 0.25) is 0 Å². The molecule has 6 saturated heterocycles. The fourth-order valence-corrected chi connectivity index (χ4v) is 8.84. The van der Waals surface area contributed by atoms with Gasteiger partial charge in [0, 0.05) is 6.92 Å². The highest BCUT2D eigenvalue weighted by atomic mass is 16.8. The second-order valence-electron chi connectivity index (χ2n) is 17.5. The molecular weight excluding hydrogens is 966 g/mol. The molecule has 0 saturated carbocycles. The molecule has 6 rings (SSSR count). The number of aliphatic hydroxyl groups is 19. The summed E-state index contributed by atoms with van der Waals surface area (Å²) in [5, 5.41) is 205. The second kappa shape index (κ2) is 24.7. The lowest BCUT2D eigenvalue weighted by atomic mass is 9.94. The number of rotatable bonds is 17. The highest BCUT2D eigenvalue weighted by Gasteiger charge is 2.59. The van der Waals surface area contributed by atoms with Gasteiger partial charge in [0.1, 0.15) is 146 Å². The number of carbonyl (C=O) groups is 1. The number of aliphatic hydroxyl groups excluding tert-OH is 19. The van der Waals surface area contributed by atoms with Gasteiger partial charge in [0.2, 0.25) is 5.91 Å². The molecule has 0 spiro atoms. The SMILES string of the molecule is CC(=O)N[C@H]1[C@@H](O[C@@H]2O[C@H](CO)[C@@H](O)[C@H](O)[C@@H]2O[C@H]2O[C@H](CO)[C@@H](O)[C@H](O)[C@@H]2O[C@H]2O[C@H](CO)[C@@H](O)[C@H](O[C@H]3O[C@H](CO)[C@@H](O)[C@H](O)[C@H]3O)[C@@H]2O[C@H]2O[C@H](CO)[C@@H](O)[C@H](O)[C@@H]2O)[C@H](O)[C@@H](CO)O[C@@H]1O. The van der Waals surface area contributed by atoms with Gasteiger partial charge in [0.05, 0.1) is 39.6 Å². The Balaban J connectivity index is 1.38. The summed E-state index contributed by atoms with van der Waals surface area (Å²) < 4.78 is 63.4. The van der Waals surface area contributed by atoms with E-state index in [0.29, 0.717) is 0 Å². The average molecular weight is 1030 g/mol. The van der Waals surface area contributed by atoms with Crippen molar-refractivity contribution < 1.29 is 154 Å². The molecule has 70 heavy (non-hydrogen) atoms. The van der Waals surface area contributed by atoms with Gasteiger partial charge in [0.15, 0.2) is 37.7 Å². The van der Waals surface area contributed by atoms with Crippen LogP contribution in [0.15, 0.2) is 0 Å². The van der Waals surface area contributed by atoms with Gasteiger partial charge in [-0.05, 0) is 0 Å². The minimum Gasteiger partial charge on any atom is -0.394 e. The van der Waals surface area contributed by atoms with Crippen molar-refractivity contribution >= 4 is 5.91 Å². The van der Waals surface area contributed by atoms with Crippen LogP contribution in [-0.4, -0.2) is 327 Å². The van der Waals surface area contributed by atoms with Crippen LogP contribution >= 0.6 is 0 Å². The summed E-state index contributed by atoms with van der Waals surface area (Å²) in [6, 6.07) is -1.65. The van der Waals surface area contributed by atoms with Crippen molar-refractivity contribution in [2.75, 3.05) is 39.6 Å². The maximum Gasteiger partial charge on any atom is 0.217 e. The summed E-state index contributed by atoms with van der Waals surface area (Å²) in [6.07, 6.45) is -58.7. The molecule has 0 aromatic heterocycles. The highest BCUT2D eigenvalue weighted by Crippen LogP contribution is 2.38. The Morgan fingerprint density at radius 1 is 0.343 bits per heavy atom. The number of amides is 1. The molecular formula is C38H65NO31. The Bertz CT molecular complexity index is 1630. The standard InChI is InChI=1S/C38H65NO31/c1-8(46)39-15-28(20(51)13(6-44)60-33(15)59)66-36-30(24(55)18(49)11(4-42)63-36)68-37-31(25(56)19(50)12(5-43)64-37)69-38-32(70-35-27(58)23(54)17(48)10(3-41)62-35)29(21(52)14(7-45)65-38)67-34-26(57)22(53)16(47)9(2-40)61-34/h9-38,40-45,47-59H,2-7H2,1H3,(H,39,46)/t9-,10-,11-,12-,13-,14-,15+,16-,17-,18-,19-,20-,21-,22+,23+,24+,25+,26-,27+,28-,29+,30+,31+,32+,33+,34-,35-,36+,37-,38-/m1/s1. The van der Waals surface area contributed by atoms with Crippen LogP contribution in [0.1, 0.15) is 6.92 Å². The van der Waals surface area contributed by atoms with Gasteiger partial charge in [-0.1, -0.05) is 0 Å². The Morgan fingerprint density at radius 2 is 0.629 bits per heavy atom. The quantitative estimate of drug-likeness (QED) is 0.0643. The summed E-state index contributed by atoms with van der Waals surface area (Å²) in [5.41, 5.74) is 0. The zero-order valence-electron chi connectivity index (χ0n) is 37.0. The summed E-state index contributed by atoms with van der Waals surface area (Å²) >= 11 is 0. The van der Waals surface area contributed by atoms with Crippen molar-refractivity contribution in [1.82, 2.24) is 5.32 Å². The van der Waals surface area contributed by atoms with E-state index in [2.05, 4.69) is 5.32 Å². The second-order valence-corrected chi connectivity index (χ2v) is 17.5. The molecule has 0 aromatic carbocycles. The van der Waals surface area contributed by atoms with E-state index in [1.165, 1.54) is 0 Å². The molecule has 408 valence electrons. The Labute approximate surface area is 395 Å². The van der Waals surface area contributed by atoms with Crippen LogP contribution < -0.4 is 5.32 Å². The lowest BCUT2D eigenvalue weighted by molar-refractivity contribution is -0.418. The molecule has 6 aliphatic heterocycles. The van der Waals surface area contributed by atoms with Crippen LogP contribution in [0.5, 0.6) is 0 Å². The van der Waals surface area contributed by atoms with Crippen molar-refractivity contribution in [3.8, 4) is 0 Å². The maximum absolute atomic E-state index is 12.2. The van der Waals surface area contributed by atoms with E-state index in [-0.39, 0.29) is 0 Å². The first-order chi connectivity index (χ1) is 33.2. The first-order valence-corrected chi connectivity index (χ1v) is 22.1. The first kappa shape index (κ1) is 57.5. The Hall–Kier alpha value is -1.73. The van der Waals surface area contributed by atoms with Crippen LogP contribution in [0.3, 0.4) is 0 Å². The van der Waals surface area contributed by atoms with Gasteiger partial charge < -0.3 is 154 Å². The van der Waals surface area contributed by atoms with E-state index in [9.17, 15) is 102 Å². The van der Waals surface area contributed by atoms with Crippen molar-refractivity contribution in [2.24, 2.45) is 0 Å². The van der Waals surface area contributed by atoms with Gasteiger partial charge in [-0.15, -0.1) is 0 Å². The van der Waals surface area contributed by atoms with Crippen LogP contribution in [0.25, 0.3) is 0 Å². The number of nitrogens with one attached hydrogen (secondary N) is 1. The molecule has 0 aliphatic carbocycles. The summed E-state index contributed by atoms with van der Waals surface area (Å²) in [6.45, 7) is -5.01. The summed E-state index contributed by atoms with van der Waals surface area (Å²) in [7, 11) is 0. The minimum absolute atomic E-state index is 0.786. The van der Waals surface area contributed by atoms with Crippen molar-refractivity contribution in [3.63, 3.8) is 0 Å². The summed E-state index contributed by atoms with van der Waals surface area (Å²) in [4.78, 5) is 12.2. The molecule has 20 N–H and O–H groups in total. The van der Waals surface area contributed by atoms with Crippen molar-refractivity contribution in [2.45, 2.75) is 191 Å². The van der Waals surface area contributed by atoms with E-state index in [1.54, 1.807) is 0 Å². The predicted molar refractivity (Wildman–Crippen MR) is 211 cm³/mol. The molecule has 0 bridgehead atoms. The Kier molecular flexibility index (Phi) is 20.3. The summed E-state index contributed by atoms with van der Waals surface area (Å²) in [5.74, 6) is -0.786. The number of ether oxygens (including phenoxy) is 11. The monoisotopic (exact) mass is 1030 g/mol. The third-order valence-electron chi connectivity index (χ3n) is 12.8. The molecule has 6 aliphatic rings. The smallest absolute Gasteiger partial charge is 0.217 e. The largest absolute Gasteiger partial charge is 0.394 e. The lowest BCUT2D eigenvalue weighted by Crippen LogP contribution is -2.70. The zero-order valence-corrected chi connectivity index (χ0v) is 37.0. The van der Waals surface area contributed by atoms with Crippen molar-refractivity contribution in [1.29, 1.82) is 0 Å². The molecule has 6 fully saturated rings. The third kappa shape index (κ3) is 11.9. The first-order valence-electron chi connectivity index (χ1n) is 22.1. The molecule has 0 aromatic rings. The molecule has 0 unspecified atom stereocenters. The maximum atomic E-state index is 12.2. The van der Waals surface area contributed by atoms with E-state index in [4.69, 9.17) is 52.1 Å². The topological polar surface area (TPSA) is 515 Å². The van der Waals surface area contributed by atoms with Crippen molar-refractivity contribution in [3.05, 3.63) is 0 Å². The number of hydrogen-bond donors (Lipinski definition) is 20. The minimum atomic E-state index is -2.30. The van der Waals surface area contributed by atoms with Gasteiger partial charge in [-0.3, -0.25) is 4.79 Å². The van der Waals surface area contributed by atoms with E-state index >= 15 is 0 Å². The van der Waals surface area contributed by atoms with Crippen LogP contribution in [0, 0.1) is 0 Å². The zero-order chi connectivity index (χ0) is 51.6. The van der Waals surface area contributed by atoms with Gasteiger partial charge in [0.25, 0.3) is 0 Å². The predicted octanol–water partition coefficient (Wildman–Crippen LogP) is -14.0. The Morgan fingerprint density at radius 3 is 1.01 bits per heavy atom. The molecule has 32 heteroatoms. The number of hydrogen-bond acceptors (Lipinski definition) is 31. The number of carbonyl (C=O) groups excluding carboxylic acids is 1. The third-order valence-corrected chi connectivity index (χ3v) is 12.8. The van der Waals surface area contributed by atoms with Gasteiger partial charge in [-0.25, -0.2) is 0 Å². The fourth-order valence-electron chi connectivity index (χ4n) is 8.84. The van der Waals surface area contributed by atoms with E-state index < -0.39 is 230 Å². The van der Waals surface area contributed by atoms with Crippen LogP contribution in [0.4, 0.5) is 0 Å². The van der Waals surface area contributed by atoms with Gasteiger partial charge >= 0.3 is 0 Å². The highest BCUT2D eigenvalue weighted by molar-refractivity contribution is 5.73. The molecule has 32 nitrogen and oxygen atoms in total. The van der Waals surface area contributed by atoms with E-state index in [1.807, 2.05) is 0 Å². The molecule has 6 heterocycles. The molecule has 30 atom stereocenters. The fraction of sp³-hybridized carbons (Fsp3) is 0.974. The molecule has 0 radical (unpaired) electrons. The average Bonchev–Trinajstić information content (AvgIpc) is 3.34. The lowest BCUT2D eigenvalue weighted by Gasteiger charge is -2.51. The normalized spacial score (nSPS) is 51.5. The van der Waals surface area contributed by atoms with E-state index in [0.717, 1.165) is 6.92 Å². The molecule has 1 amide bonds. The van der Waals surface area contributed by atoms with Crippen LogP contribution in [-0.2, 0) is 56.9 Å².